The first-order valence-corrected chi connectivity index (χ1v) is 4.72. The van der Waals surface area contributed by atoms with Gasteiger partial charge in [0.25, 0.3) is 0 Å². The Hall–Kier alpha value is -1.36. The number of hydrogen-bond acceptors (Lipinski definition) is 3. The van der Waals surface area contributed by atoms with Crippen molar-refractivity contribution >= 4 is 11.9 Å². The maximum atomic E-state index is 11.6. The minimum atomic E-state index is -1.00. The molecule has 0 rings (SSSR count). The Balaban J connectivity index is 4.15. The molecule has 0 spiro atoms. The van der Waals surface area contributed by atoms with Crippen molar-refractivity contribution in [3.63, 3.8) is 0 Å². The molecule has 5 nitrogen and oxygen atoms in total. The molecule has 0 saturated heterocycles. The summed E-state index contributed by atoms with van der Waals surface area (Å²) in [5, 5.41) is 8.60. The van der Waals surface area contributed by atoms with Gasteiger partial charge in [-0.15, -0.1) is 6.58 Å². The zero-order chi connectivity index (χ0) is 11.8. The predicted octanol–water partition coefficient (Wildman–Crippen LogP) is 0.0373. The molecular formula is C10H18N2O3. The fraction of sp³-hybridized carbons (Fsp3) is 0.600. The molecule has 0 aromatic rings. The number of amides is 1. The van der Waals surface area contributed by atoms with E-state index in [2.05, 4.69) is 6.58 Å². The first kappa shape index (κ1) is 13.6. The summed E-state index contributed by atoms with van der Waals surface area (Å²) < 4.78 is 0. The number of carbonyl (C=O) groups excluding carboxylic acids is 1. The third-order valence-electron chi connectivity index (χ3n) is 1.80. The molecule has 0 saturated carbocycles. The number of aliphatic carboxylic acids is 1. The number of carboxylic acid groups (broad SMARTS) is 1. The molecule has 0 aliphatic carbocycles. The van der Waals surface area contributed by atoms with Crippen LogP contribution < -0.4 is 0 Å². The van der Waals surface area contributed by atoms with Crippen LogP contribution in [0.5, 0.6) is 0 Å². The van der Waals surface area contributed by atoms with Gasteiger partial charge in [0, 0.05) is 19.5 Å². The van der Waals surface area contributed by atoms with Crippen LogP contribution in [-0.2, 0) is 9.59 Å². The van der Waals surface area contributed by atoms with Crippen LogP contribution in [0.3, 0.4) is 0 Å². The second-order valence-electron chi connectivity index (χ2n) is 3.51. The van der Waals surface area contributed by atoms with Crippen molar-refractivity contribution < 1.29 is 14.7 Å². The summed E-state index contributed by atoms with van der Waals surface area (Å²) in [5.74, 6) is -1.17. The number of carbonyl (C=O) groups is 2. The van der Waals surface area contributed by atoms with Crippen LogP contribution in [-0.4, -0.2) is 60.5 Å². The molecule has 0 unspecified atom stereocenters. The van der Waals surface area contributed by atoms with E-state index in [1.54, 1.807) is 0 Å². The third kappa shape index (κ3) is 6.68. The first-order chi connectivity index (χ1) is 6.97. The van der Waals surface area contributed by atoms with Crippen LogP contribution >= 0.6 is 0 Å². The average molecular weight is 214 g/mol. The molecular weight excluding hydrogens is 196 g/mol. The molecule has 0 fully saturated rings. The van der Waals surface area contributed by atoms with Gasteiger partial charge in [-0.25, -0.2) is 0 Å². The van der Waals surface area contributed by atoms with E-state index >= 15 is 0 Å². The molecule has 0 aromatic carbocycles. The van der Waals surface area contributed by atoms with E-state index in [1.807, 2.05) is 19.0 Å². The van der Waals surface area contributed by atoms with E-state index in [1.165, 1.54) is 11.0 Å². The third-order valence-corrected chi connectivity index (χ3v) is 1.80. The summed E-state index contributed by atoms with van der Waals surface area (Å²) in [4.78, 5) is 25.2. The van der Waals surface area contributed by atoms with Crippen molar-refractivity contribution in [1.29, 1.82) is 0 Å². The second-order valence-corrected chi connectivity index (χ2v) is 3.51. The van der Waals surface area contributed by atoms with Gasteiger partial charge in [0.15, 0.2) is 0 Å². The SMILES string of the molecule is C=CCN(CC(=O)O)C(=O)CCN(C)C. The summed E-state index contributed by atoms with van der Waals surface area (Å²) >= 11 is 0. The summed E-state index contributed by atoms with van der Waals surface area (Å²) in [6.07, 6.45) is 1.85. The molecule has 0 bridgehead atoms. The van der Waals surface area contributed by atoms with Crippen molar-refractivity contribution in [2.24, 2.45) is 0 Å². The molecule has 1 amide bonds. The number of rotatable bonds is 7. The van der Waals surface area contributed by atoms with Gasteiger partial charge in [-0.1, -0.05) is 6.08 Å². The zero-order valence-electron chi connectivity index (χ0n) is 9.27. The van der Waals surface area contributed by atoms with Crippen LogP contribution in [0.15, 0.2) is 12.7 Å². The standard InChI is InChI=1S/C10H18N2O3/c1-4-6-12(8-10(14)15)9(13)5-7-11(2)3/h4H,1,5-8H2,2-3H3,(H,14,15). The monoisotopic (exact) mass is 214 g/mol. The Morgan fingerprint density at radius 2 is 2.00 bits per heavy atom. The summed E-state index contributed by atoms with van der Waals surface area (Å²) in [7, 11) is 3.73. The lowest BCUT2D eigenvalue weighted by atomic mass is 10.3. The molecule has 5 heteroatoms. The molecule has 1 N–H and O–H groups in total. The Labute approximate surface area is 90.0 Å². The van der Waals surface area contributed by atoms with Gasteiger partial charge in [0.05, 0.1) is 0 Å². The lowest BCUT2D eigenvalue weighted by Crippen LogP contribution is -2.37. The summed E-state index contributed by atoms with van der Waals surface area (Å²) in [5.41, 5.74) is 0. The highest BCUT2D eigenvalue weighted by molar-refractivity contribution is 5.81. The lowest BCUT2D eigenvalue weighted by molar-refractivity contribution is -0.144. The van der Waals surface area contributed by atoms with E-state index in [0.717, 1.165) is 0 Å². The van der Waals surface area contributed by atoms with Crippen LogP contribution in [0.25, 0.3) is 0 Å². The predicted molar refractivity (Wildman–Crippen MR) is 57.6 cm³/mol. The Kier molecular flexibility index (Phi) is 6.37. The van der Waals surface area contributed by atoms with Gasteiger partial charge < -0.3 is 14.9 Å². The molecule has 15 heavy (non-hydrogen) atoms. The van der Waals surface area contributed by atoms with E-state index < -0.39 is 5.97 Å². The van der Waals surface area contributed by atoms with Crippen molar-refractivity contribution in [2.75, 3.05) is 33.7 Å². The van der Waals surface area contributed by atoms with Crippen molar-refractivity contribution in [3.8, 4) is 0 Å². The molecule has 0 radical (unpaired) electrons. The van der Waals surface area contributed by atoms with Crippen LogP contribution in [0.2, 0.25) is 0 Å². The number of nitrogens with zero attached hydrogens (tertiary/aromatic N) is 2. The van der Waals surface area contributed by atoms with E-state index in [4.69, 9.17) is 5.11 Å². The van der Waals surface area contributed by atoms with Gasteiger partial charge in [0.1, 0.15) is 6.54 Å². The quantitative estimate of drug-likeness (QED) is 0.608. The van der Waals surface area contributed by atoms with Crippen molar-refractivity contribution in [2.45, 2.75) is 6.42 Å². The average Bonchev–Trinajstić information content (AvgIpc) is 2.12. The number of hydrogen-bond donors (Lipinski definition) is 1. The highest BCUT2D eigenvalue weighted by Gasteiger charge is 2.14. The van der Waals surface area contributed by atoms with Crippen LogP contribution in [0, 0.1) is 0 Å². The van der Waals surface area contributed by atoms with E-state index in [-0.39, 0.29) is 19.0 Å². The topological polar surface area (TPSA) is 60.9 Å². The fourth-order valence-corrected chi connectivity index (χ4v) is 1.05. The molecule has 0 aliphatic rings. The Morgan fingerprint density at radius 3 is 2.40 bits per heavy atom. The summed E-state index contributed by atoms with van der Waals surface area (Å²) in [6, 6.07) is 0. The van der Waals surface area contributed by atoms with Gasteiger partial charge in [-0.3, -0.25) is 9.59 Å². The van der Waals surface area contributed by atoms with Crippen molar-refractivity contribution in [1.82, 2.24) is 9.80 Å². The maximum absolute atomic E-state index is 11.6. The van der Waals surface area contributed by atoms with Gasteiger partial charge in [-0.2, -0.15) is 0 Å². The molecule has 0 atom stereocenters. The molecule has 0 heterocycles. The number of carboxylic acids is 1. The molecule has 0 aliphatic heterocycles. The largest absolute Gasteiger partial charge is 0.480 e. The van der Waals surface area contributed by atoms with E-state index in [9.17, 15) is 9.59 Å². The zero-order valence-corrected chi connectivity index (χ0v) is 9.27. The highest BCUT2D eigenvalue weighted by Crippen LogP contribution is 1.96. The van der Waals surface area contributed by atoms with Gasteiger partial charge >= 0.3 is 5.97 Å². The van der Waals surface area contributed by atoms with Crippen molar-refractivity contribution in [3.05, 3.63) is 12.7 Å². The van der Waals surface area contributed by atoms with Gasteiger partial charge in [0.2, 0.25) is 5.91 Å². The molecule has 86 valence electrons. The lowest BCUT2D eigenvalue weighted by Gasteiger charge is -2.19. The Morgan fingerprint density at radius 1 is 1.40 bits per heavy atom. The molecule has 0 aromatic heterocycles. The second kappa shape index (κ2) is 7.00. The highest BCUT2D eigenvalue weighted by atomic mass is 16.4. The van der Waals surface area contributed by atoms with Gasteiger partial charge in [-0.05, 0) is 14.1 Å². The van der Waals surface area contributed by atoms with E-state index in [0.29, 0.717) is 13.0 Å². The maximum Gasteiger partial charge on any atom is 0.323 e. The minimum absolute atomic E-state index is 0.161. The van der Waals surface area contributed by atoms with Crippen LogP contribution in [0.1, 0.15) is 6.42 Å². The fourth-order valence-electron chi connectivity index (χ4n) is 1.05. The first-order valence-electron chi connectivity index (χ1n) is 4.72. The van der Waals surface area contributed by atoms with Crippen LogP contribution in [0.4, 0.5) is 0 Å². The normalized spacial score (nSPS) is 10.1. The Bertz CT molecular complexity index is 239. The summed E-state index contributed by atoms with van der Waals surface area (Å²) in [6.45, 7) is 4.12. The minimum Gasteiger partial charge on any atom is -0.480 e. The smallest absolute Gasteiger partial charge is 0.323 e.